The molecule has 10 heteroatoms. The molecule has 1 aliphatic carbocycles. The fourth-order valence-corrected chi connectivity index (χ4v) is 8.99. The maximum Gasteiger partial charge on any atom is 0.343 e. The van der Waals surface area contributed by atoms with Gasteiger partial charge in [0.25, 0.3) is 0 Å². The minimum absolute atomic E-state index is 0.360. The minimum atomic E-state index is -0.360. The Kier molecular flexibility index (Phi) is 26.7. The van der Waals surface area contributed by atoms with Crippen LogP contribution in [0.5, 0.6) is 46.0 Å². The van der Waals surface area contributed by atoms with Crippen LogP contribution in [-0.4, -0.2) is 64.9 Å². The van der Waals surface area contributed by atoms with Gasteiger partial charge in [-0.3, -0.25) is 0 Å². The molecule has 7 aromatic carbocycles. The standard InChI is InChI=1S/C40H56O6.C31H30O4/c1-33-11-15-35(16-12-33)43-29-7-9-31-45-39-23-19-37(20-24-39)41-27-5-3-4-6-28-42-38-21-25-40(26-22-38)46-32-10-8-30-44-36-17-13-34(2)14-18-36;1-23-5-9-27(10-6-23)31(32)35-30-19-13-26(14-20-30)25-11-17-29(18-12-25)34-22-4-3-21-33-28-15-7-24(2)8-16-28/h11-12,15-16,19-26,34,36H,3-10,13-14,17-18,27-32H2,1-2H3;5-20H,3-4,21-22H2,1-2H3. The summed E-state index contributed by atoms with van der Waals surface area (Å²) in [6.07, 6.45) is 15.7. The summed E-state index contributed by atoms with van der Waals surface area (Å²) < 4.78 is 52.5. The number of carbonyl (C=O) groups is 1. The summed E-state index contributed by atoms with van der Waals surface area (Å²) >= 11 is 0. The molecule has 0 radical (unpaired) electrons. The van der Waals surface area contributed by atoms with Crippen molar-refractivity contribution in [3.05, 3.63) is 192 Å². The Labute approximate surface area is 483 Å². The number of hydrogen-bond acceptors (Lipinski definition) is 10. The Hall–Kier alpha value is -7.43. The van der Waals surface area contributed by atoms with E-state index in [0.29, 0.717) is 43.8 Å². The largest absolute Gasteiger partial charge is 0.494 e. The second kappa shape index (κ2) is 35.3. The Morgan fingerprint density at radius 2 is 0.580 bits per heavy atom. The molecule has 7 aromatic rings. The van der Waals surface area contributed by atoms with Crippen LogP contribution in [0.3, 0.4) is 0 Å². The fraction of sp³-hybridized carbons (Fsp3) is 0.394. The van der Waals surface area contributed by atoms with Crippen molar-refractivity contribution < 1.29 is 47.4 Å². The summed E-state index contributed by atoms with van der Waals surface area (Å²) in [6, 6.07) is 55.0. The third-order valence-corrected chi connectivity index (χ3v) is 14.1. The van der Waals surface area contributed by atoms with E-state index in [1.165, 1.54) is 36.8 Å². The van der Waals surface area contributed by atoms with Gasteiger partial charge in [0, 0.05) is 6.61 Å². The molecule has 0 N–H and O–H groups in total. The van der Waals surface area contributed by atoms with Crippen molar-refractivity contribution in [2.45, 2.75) is 124 Å². The lowest BCUT2D eigenvalue weighted by Gasteiger charge is -2.26. The predicted octanol–water partition coefficient (Wildman–Crippen LogP) is 17.4. The molecular formula is C71H86O10. The van der Waals surface area contributed by atoms with Crippen molar-refractivity contribution in [1.82, 2.24) is 0 Å². The number of hydrogen-bond donors (Lipinski definition) is 0. The maximum absolute atomic E-state index is 12.3. The minimum Gasteiger partial charge on any atom is -0.494 e. The quantitative estimate of drug-likeness (QED) is 0.0225. The number of carbonyl (C=O) groups excluding carboxylic acids is 1. The van der Waals surface area contributed by atoms with Crippen molar-refractivity contribution in [1.29, 1.82) is 0 Å². The van der Waals surface area contributed by atoms with Gasteiger partial charge in [0.15, 0.2) is 0 Å². The average molecular weight is 1100 g/mol. The third-order valence-electron chi connectivity index (χ3n) is 14.1. The zero-order valence-corrected chi connectivity index (χ0v) is 48.5. The van der Waals surface area contributed by atoms with Crippen LogP contribution in [-0.2, 0) is 4.74 Å². The Balaban J connectivity index is 0.000000242. The van der Waals surface area contributed by atoms with Gasteiger partial charge >= 0.3 is 5.97 Å². The summed E-state index contributed by atoms with van der Waals surface area (Å²) in [4.78, 5) is 12.3. The van der Waals surface area contributed by atoms with Crippen molar-refractivity contribution in [2.75, 3.05) is 52.9 Å². The van der Waals surface area contributed by atoms with Crippen molar-refractivity contribution in [3.8, 4) is 57.1 Å². The second-order valence-electron chi connectivity index (χ2n) is 21.1. The maximum atomic E-state index is 12.3. The zero-order chi connectivity index (χ0) is 56.5. The second-order valence-corrected chi connectivity index (χ2v) is 21.1. The molecule has 10 nitrogen and oxygen atoms in total. The molecule has 0 spiro atoms. The molecule has 1 aliphatic rings. The molecule has 0 unspecified atom stereocenters. The van der Waals surface area contributed by atoms with E-state index in [2.05, 4.69) is 45.0 Å². The summed E-state index contributed by atoms with van der Waals surface area (Å²) in [5, 5.41) is 0. The lowest BCUT2D eigenvalue weighted by atomic mass is 9.89. The first kappa shape index (κ1) is 61.2. The van der Waals surface area contributed by atoms with Gasteiger partial charge in [0.1, 0.15) is 46.0 Å². The van der Waals surface area contributed by atoms with Crippen LogP contribution in [0.25, 0.3) is 11.1 Å². The van der Waals surface area contributed by atoms with Gasteiger partial charge in [0.2, 0.25) is 0 Å². The van der Waals surface area contributed by atoms with Gasteiger partial charge in [-0.05, 0) is 237 Å². The molecule has 0 saturated heterocycles. The zero-order valence-electron chi connectivity index (χ0n) is 48.5. The van der Waals surface area contributed by atoms with Gasteiger partial charge in [0.05, 0.1) is 57.9 Å². The lowest BCUT2D eigenvalue weighted by molar-refractivity contribution is 0.0170. The Morgan fingerprint density at radius 1 is 0.321 bits per heavy atom. The van der Waals surface area contributed by atoms with E-state index >= 15 is 0 Å². The van der Waals surface area contributed by atoms with E-state index in [-0.39, 0.29) is 5.97 Å². The van der Waals surface area contributed by atoms with Crippen LogP contribution >= 0.6 is 0 Å². The SMILES string of the molecule is Cc1ccc(OCCCCOc2ccc(-c3ccc(OC(=O)c4ccc(C)cc4)cc3)cc2)cc1.Cc1ccc(OCCCCOc2ccc(OCCCCCCOc3ccc(OCCCCOC4CCC(C)CC4)cc3)cc2)cc1. The van der Waals surface area contributed by atoms with Gasteiger partial charge in [-0.2, -0.15) is 0 Å². The van der Waals surface area contributed by atoms with E-state index in [1.807, 2.05) is 140 Å². The number of aryl methyl sites for hydroxylation is 3. The van der Waals surface area contributed by atoms with E-state index in [0.717, 1.165) is 153 Å². The molecule has 1 saturated carbocycles. The van der Waals surface area contributed by atoms with E-state index in [1.54, 1.807) is 12.1 Å². The van der Waals surface area contributed by atoms with E-state index in [9.17, 15) is 4.79 Å². The van der Waals surface area contributed by atoms with Crippen LogP contribution < -0.4 is 37.9 Å². The molecule has 8 rings (SSSR count). The summed E-state index contributed by atoms with van der Waals surface area (Å²) in [6.45, 7) is 14.2. The van der Waals surface area contributed by atoms with Crippen LogP contribution in [0.15, 0.2) is 170 Å². The van der Waals surface area contributed by atoms with Crippen molar-refractivity contribution in [3.63, 3.8) is 0 Å². The highest BCUT2D eigenvalue weighted by Crippen LogP contribution is 2.28. The number of rotatable bonds is 33. The van der Waals surface area contributed by atoms with Crippen LogP contribution in [0, 0.1) is 26.7 Å². The highest BCUT2D eigenvalue weighted by atomic mass is 16.5. The lowest BCUT2D eigenvalue weighted by Crippen LogP contribution is -2.21. The van der Waals surface area contributed by atoms with Crippen molar-refractivity contribution in [2.24, 2.45) is 5.92 Å². The van der Waals surface area contributed by atoms with E-state index < -0.39 is 0 Å². The van der Waals surface area contributed by atoms with Gasteiger partial charge < -0.3 is 42.6 Å². The number of unbranched alkanes of at least 4 members (excludes halogenated alkanes) is 6. The van der Waals surface area contributed by atoms with Crippen LogP contribution in [0.2, 0.25) is 0 Å². The smallest absolute Gasteiger partial charge is 0.343 e. The van der Waals surface area contributed by atoms with Crippen molar-refractivity contribution >= 4 is 5.97 Å². The summed E-state index contributed by atoms with van der Waals surface area (Å²) in [5.41, 5.74) is 6.22. The van der Waals surface area contributed by atoms with Gasteiger partial charge in [-0.1, -0.05) is 84.3 Å². The fourth-order valence-electron chi connectivity index (χ4n) is 8.99. The first-order valence-electron chi connectivity index (χ1n) is 29.5. The molecule has 430 valence electrons. The molecule has 0 aromatic heterocycles. The van der Waals surface area contributed by atoms with Gasteiger partial charge in [-0.15, -0.1) is 0 Å². The average Bonchev–Trinajstić information content (AvgIpc) is 3.49. The van der Waals surface area contributed by atoms with Gasteiger partial charge in [-0.25, -0.2) is 4.79 Å². The summed E-state index contributed by atoms with van der Waals surface area (Å²) in [7, 11) is 0. The monoisotopic (exact) mass is 1100 g/mol. The molecule has 0 heterocycles. The molecule has 1 fully saturated rings. The number of ether oxygens (including phenoxy) is 9. The number of benzene rings is 7. The predicted molar refractivity (Wildman–Crippen MR) is 325 cm³/mol. The molecule has 0 atom stereocenters. The third kappa shape index (κ3) is 24.1. The topological polar surface area (TPSA) is 100 Å². The first-order valence-corrected chi connectivity index (χ1v) is 29.5. The molecular weight excluding hydrogens is 1010 g/mol. The van der Waals surface area contributed by atoms with Crippen LogP contribution in [0.4, 0.5) is 0 Å². The summed E-state index contributed by atoms with van der Waals surface area (Å²) in [5.74, 6) is 7.25. The van der Waals surface area contributed by atoms with E-state index in [4.69, 9.17) is 42.6 Å². The first-order chi connectivity index (χ1) is 39.7. The Morgan fingerprint density at radius 3 is 0.914 bits per heavy atom. The molecule has 0 amide bonds. The number of esters is 1. The molecule has 0 aliphatic heterocycles. The normalized spacial score (nSPS) is 13.7. The molecule has 81 heavy (non-hydrogen) atoms. The molecule has 0 bridgehead atoms. The van der Waals surface area contributed by atoms with Crippen LogP contribution in [0.1, 0.15) is 124 Å². The Bertz CT molecular complexity index is 2770. The highest BCUT2D eigenvalue weighted by molar-refractivity contribution is 5.91. The highest BCUT2D eigenvalue weighted by Gasteiger charge is 2.18.